The van der Waals surface area contributed by atoms with Crippen LogP contribution in [0.25, 0.3) is 0 Å². The van der Waals surface area contributed by atoms with Gasteiger partial charge in [0.05, 0.1) is 6.61 Å². The SMILES string of the molecule is CCOC(=O)/C=C(C)/C=C/C1C[C@]1(C)c1ccc(C23CC4CC(CC(C4)C2)C3)cc1. The van der Waals surface area contributed by atoms with Gasteiger partial charge in [0.2, 0.25) is 0 Å². The Morgan fingerprint density at radius 1 is 1.00 bits per heavy atom. The normalized spacial score (nSPS) is 39.5. The second-order valence-electron chi connectivity index (χ2n) is 11.0. The fourth-order valence-electron chi connectivity index (χ4n) is 7.36. The maximum atomic E-state index is 11.6. The molecule has 1 aromatic rings. The molecule has 0 N–H and O–H groups in total. The number of hydrogen-bond acceptors (Lipinski definition) is 2. The zero-order chi connectivity index (χ0) is 20.9. The van der Waals surface area contributed by atoms with E-state index in [9.17, 15) is 4.79 Å². The summed E-state index contributed by atoms with van der Waals surface area (Å²) in [5.74, 6) is 3.29. The van der Waals surface area contributed by atoms with Gasteiger partial charge in [-0.05, 0) is 110 Å². The second kappa shape index (κ2) is 7.39. The summed E-state index contributed by atoms with van der Waals surface area (Å²) in [4.78, 5) is 11.6. The van der Waals surface area contributed by atoms with Crippen LogP contribution in [0.2, 0.25) is 0 Å². The smallest absolute Gasteiger partial charge is 0.330 e. The molecule has 2 atom stereocenters. The van der Waals surface area contributed by atoms with Gasteiger partial charge < -0.3 is 4.74 Å². The van der Waals surface area contributed by atoms with Crippen molar-refractivity contribution in [2.45, 2.75) is 76.5 Å². The standard InChI is InChI=1S/C28H36O2/c1-4-30-26(29)11-19(2)5-6-25-18-27(25,3)23-7-9-24(10-8-23)28-15-20-12-21(16-28)14-22(13-20)17-28/h5-11,20-22,25H,4,12-18H2,1-3H3/b6-5+,19-11+/t20?,21?,22?,25?,27-,28?/m1/s1. The lowest BCUT2D eigenvalue weighted by Crippen LogP contribution is -2.48. The Morgan fingerprint density at radius 2 is 1.57 bits per heavy atom. The zero-order valence-electron chi connectivity index (χ0n) is 18.8. The van der Waals surface area contributed by atoms with Crippen molar-refractivity contribution in [1.82, 2.24) is 0 Å². The van der Waals surface area contributed by atoms with Gasteiger partial charge >= 0.3 is 5.97 Å². The lowest BCUT2D eigenvalue weighted by molar-refractivity contribution is -0.137. The predicted octanol–water partition coefficient (Wildman–Crippen LogP) is 6.50. The van der Waals surface area contributed by atoms with Crippen LogP contribution in [-0.4, -0.2) is 12.6 Å². The summed E-state index contributed by atoms with van der Waals surface area (Å²) < 4.78 is 4.99. The minimum atomic E-state index is -0.251. The molecule has 0 spiro atoms. The quantitative estimate of drug-likeness (QED) is 0.307. The Hall–Kier alpha value is -1.83. The molecule has 0 radical (unpaired) electrons. The number of ether oxygens (including phenoxy) is 1. The van der Waals surface area contributed by atoms with E-state index < -0.39 is 0 Å². The van der Waals surface area contributed by atoms with Crippen molar-refractivity contribution < 1.29 is 9.53 Å². The summed E-state index contributed by atoms with van der Waals surface area (Å²) in [6.07, 6.45) is 16.0. The summed E-state index contributed by atoms with van der Waals surface area (Å²) in [6, 6.07) is 9.78. The third-order valence-corrected chi connectivity index (χ3v) is 8.72. The van der Waals surface area contributed by atoms with E-state index in [4.69, 9.17) is 4.74 Å². The third-order valence-electron chi connectivity index (χ3n) is 8.72. The molecule has 160 valence electrons. The molecule has 2 heteroatoms. The van der Waals surface area contributed by atoms with Gasteiger partial charge in [0, 0.05) is 6.08 Å². The fourth-order valence-corrected chi connectivity index (χ4v) is 7.36. The number of rotatable bonds is 6. The number of hydrogen-bond donors (Lipinski definition) is 0. The van der Waals surface area contributed by atoms with Crippen LogP contribution in [0.1, 0.15) is 76.8 Å². The van der Waals surface area contributed by atoms with Gasteiger partial charge in [0.15, 0.2) is 0 Å². The van der Waals surface area contributed by atoms with Gasteiger partial charge in [-0.2, -0.15) is 0 Å². The van der Waals surface area contributed by atoms with Crippen molar-refractivity contribution in [2.75, 3.05) is 6.61 Å². The summed E-state index contributed by atoms with van der Waals surface area (Å²) in [5.41, 5.74) is 4.78. The molecule has 1 aromatic carbocycles. The van der Waals surface area contributed by atoms with E-state index in [1.807, 2.05) is 13.8 Å². The Labute approximate surface area is 181 Å². The first-order valence-electron chi connectivity index (χ1n) is 12.0. The average molecular weight is 405 g/mol. The van der Waals surface area contributed by atoms with Crippen molar-refractivity contribution in [2.24, 2.45) is 23.7 Å². The molecule has 5 saturated carbocycles. The molecule has 5 fully saturated rings. The van der Waals surface area contributed by atoms with Crippen molar-refractivity contribution in [3.05, 3.63) is 59.2 Å². The molecule has 4 bridgehead atoms. The fraction of sp³-hybridized carbons (Fsp3) is 0.607. The van der Waals surface area contributed by atoms with Gasteiger partial charge in [0.1, 0.15) is 0 Å². The van der Waals surface area contributed by atoms with E-state index >= 15 is 0 Å². The molecule has 0 saturated heterocycles. The molecule has 6 rings (SSSR count). The molecular weight excluding hydrogens is 368 g/mol. The first-order chi connectivity index (χ1) is 14.4. The lowest BCUT2D eigenvalue weighted by atomic mass is 9.48. The molecule has 0 aliphatic heterocycles. The van der Waals surface area contributed by atoms with E-state index in [1.165, 1.54) is 50.5 Å². The topological polar surface area (TPSA) is 26.3 Å². The minimum Gasteiger partial charge on any atom is -0.463 e. The maximum absolute atomic E-state index is 11.6. The van der Waals surface area contributed by atoms with Crippen molar-refractivity contribution >= 4 is 5.97 Å². The zero-order valence-corrected chi connectivity index (χ0v) is 18.8. The van der Waals surface area contributed by atoms with Crippen molar-refractivity contribution in [3.63, 3.8) is 0 Å². The molecule has 1 unspecified atom stereocenters. The Kier molecular flexibility index (Phi) is 4.95. The highest BCUT2D eigenvalue weighted by atomic mass is 16.5. The molecule has 5 aliphatic carbocycles. The summed E-state index contributed by atoms with van der Waals surface area (Å²) in [6.45, 7) is 6.60. The average Bonchev–Trinajstić information content (AvgIpc) is 3.37. The van der Waals surface area contributed by atoms with Crippen LogP contribution >= 0.6 is 0 Å². The summed E-state index contributed by atoms with van der Waals surface area (Å²) >= 11 is 0. The van der Waals surface area contributed by atoms with Gasteiger partial charge in [-0.1, -0.05) is 43.3 Å². The number of carbonyl (C=O) groups excluding carboxylic acids is 1. The summed E-state index contributed by atoms with van der Waals surface area (Å²) in [5, 5.41) is 0. The molecule has 2 nitrogen and oxygen atoms in total. The van der Waals surface area contributed by atoms with Crippen molar-refractivity contribution in [3.8, 4) is 0 Å². The van der Waals surface area contributed by atoms with Crippen molar-refractivity contribution in [1.29, 1.82) is 0 Å². The van der Waals surface area contributed by atoms with Gasteiger partial charge in [-0.25, -0.2) is 4.79 Å². The van der Waals surface area contributed by atoms with Gasteiger partial charge in [-0.15, -0.1) is 0 Å². The Balaban J connectivity index is 1.26. The van der Waals surface area contributed by atoms with Crippen LogP contribution < -0.4 is 0 Å². The van der Waals surface area contributed by atoms with Crippen LogP contribution in [0.15, 0.2) is 48.1 Å². The summed E-state index contributed by atoms with van der Waals surface area (Å²) in [7, 11) is 0. The van der Waals surface area contributed by atoms with Gasteiger partial charge in [0.25, 0.3) is 0 Å². The monoisotopic (exact) mass is 404 g/mol. The highest BCUT2D eigenvalue weighted by molar-refractivity contribution is 5.83. The highest BCUT2D eigenvalue weighted by Crippen LogP contribution is 2.61. The van der Waals surface area contributed by atoms with E-state index in [2.05, 4.69) is 43.3 Å². The van der Waals surface area contributed by atoms with Crippen LogP contribution in [0.3, 0.4) is 0 Å². The Bertz CT molecular complexity index is 839. The van der Waals surface area contributed by atoms with Crippen LogP contribution in [0.4, 0.5) is 0 Å². The minimum absolute atomic E-state index is 0.237. The van der Waals surface area contributed by atoms with Gasteiger partial charge in [-0.3, -0.25) is 0 Å². The van der Waals surface area contributed by atoms with E-state index in [1.54, 1.807) is 11.6 Å². The second-order valence-corrected chi connectivity index (χ2v) is 11.0. The highest BCUT2D eigenvalue weighted by Gasteiger charge is 2.52. The first-order valence-corrected chi connectivity index (χ1v) is 12.0. The first kappa shape index (κ1) is 20.1. The molecule has 30 heavy (non-hydrogen) atoms. The number of benzene rings is 1. The molecule has 0 amide bonds. The molecule has 5 aliphatic rings. The number of carbonyl (C=O) groups is 1. The van der Waals surface area contributed by atoms with E-state index in [0.29, 0.717) is 17.9 Å². The lowest BCUT2D eigenvalue weighted by Gasteiger charge is -2.57. The number of allylic oxidation sites excluding steroid dienone is 3. The molecule has 0 heterocycles. The largest absolute Gasteiger partial charge is 0.463 e. The van der Waals surface area contributed by atoms with Crippen LogP contribution in [0, 0.1) is 23.7 Å². The number of esters is 1. The van der Waals surface area contributed by atoms with Crippen LogP contribution in [-0.2, 0) is 20.4 Å². The molecular formula is C28H36O2. The van der Waals surface area contributed by atoms with E-state index in [-0.39, 0.29) is 11.4 Å². The third kappa shape index (κ3) is 3.57. The predicted molar refractivity (Wildman–Crippen MR) is 121 cm³/mol. The van der Waals surface area contributed by atoms with E-state index in [0.717, 1.165) is 23.3 Å². The van der Waals surface area contributed by atoms with Crippen LogP contribution in [0.5, 0.6) is 0 Å². The Morgan fingerprint density at radius 3 is 2.13 bits per heavy atom. The molecule has 0 aromatic heterocycles. The maximum Gasteiger partial charge on any atom is 0.330 e.